The van der Waals surface area contributed by atoms with E-state index in [2.05, 4.69) is 35.5 Å². The number of amides is 1. The van der Waals surface area contributed by atoms with Crippen molar-refractivity contribution in [1.82, 2.24) is 15.1 Å². The van der Waals surface area contributed by atoms with Crippen molar-refractivity contribution >= 4 is 12.0 Å². The predicted octanol–water partition coefficient (Wildman–Crippen LogP) is 5.14. The molecule has 1 heterocycles. The van der Waals surface area contributed by atoms with Gasteiger partial charge >= 0.3 is 0 Å². The molecule has 6 heteroatoms. The van der Waals surface area contributed by atoms with Gasteiger partial charge in [-0.3, -0.25) is 4.79 Å². The molecular weight excluding hydrogens is 453 g/mol. The summed E-state index contributed by atoms with van der Waals surface area (Å²) in [5, 5.41) is 19.7. The average Bonchev–Trinajstić information content (AvgIpc) is 3.61. The van der Waals surface area contributed by atoms with E-state index in [4.69, 9.17) is 0 Å². The number of nitrogens with zero attached hydrogens (tertiary/aromatic N) is 2. The molecule has 0 saturated heterocycles. The van der Waals surface area contributed by atoms with Crippen molar-refractivity contribution < 1.29 is 14.3 Å². The number of halogens is 1. The molecule has 0 spiro atoms. The SMILES string of the molecule is C[C@]12Cc3cnn(-c4ccc(F)cc4)c3C=C1CC[C@@]2(O)CCc1ccccc1CNC(=O)C1CC1. The Morgan fingerprint density at radius 2 is 1.92 bits per heavy atom. The van der Waals surface area contributed by atoms with Crippen LogP contribution < -0.4 is 5.32 Å². The van der Waals surface area contributed by atoms with E-state index in [0.717, 1.165) is 61.0 Å². The maximum absolute atomic E-state index is 13.4. The highest BCUT2D eigenvalue weighted by Gasteiger charge is 2.54. The fourth-order valence-electron chi connectivity index (χ4n) is 6.11. The van der Waals surface area contributed by atoms with Gasteiger partial charge in [-0.1, -0.05) is 36.8 Å². The van der Waals surface area contributed by atoms with Gasteiger partial charge in [0.25, 0.3) is 0 Å². The molecule has 186 valence electrons. The highest BCUT2D eigenvalue weighted by atomic mass is 19.1. The van der Waals surface area contributed by atoms with Gasteiger partial charge in [0.2, 0.25) is 5.91 Å². The van der Waals surface area contributed by atoms with Crippen molar-refractivity contribution in [3.63, 3.8) is 0 Å². The van der Waals surface area contributed by atoms with E-state index in [1.165, 1.54) is 23.3 Å². The first-order valence-corrected chi connectivity index (χ1v) is 13.0. The van der Waals surface area contributed by atoms with Gasteiger partial charge < -0.3 is 10.4 Å². The first-order valence-electron chi connectivity index (χ1n) is 13.0. The Morgan fingerprint density at radius 3 is 2.67 bits per heavy atom. The Morgan fingerprint density at radius 1 is 1.17 bits per heavy atom. The molecule has 2 saturated carbocycles. The van der Waals surface area contributed by atoms with Crippen molar-refractivity contribution in [3.8, 4) is 5.69 Å². The molecule has 1 aromatic heterocycles. The number of fused-ring (bicyclic) bond motifs is 2. The van der Waals surface area contributed by atoms with Gasteiger partial charge in [0.15, 0.2) is 0 Å². The van der Waals surface area contributed by atoms with Crippen molar-refractivity contribution in [2.75, 3.05) is 0 Å². The van der Waals surface area contributed by atoms with Gasteiger partial charge in [0, 0.05) is 17.9 Å². The van der Waals surface area contributed by atoms with Crippen LogP contribution in [0.1, 0.15) is 61.4 Å². The van der Waals surface area contributed by atoms with E-state index < -0.39 is 5.60 Å². The minimum atomic E-state index is -0.821. The van der Waals surface area contributed by atoms with Crippen LogP contribution in [0.25, 0.3) is 11.8 Å². The number of benzene rings is 2. The maximum atomic E-state index is 13.4. The summed E-state index contributed by atoms with van der Waals surface area (Å²) in [6.45, 7) is 2.73. The van der Waals surface area contributed by atoms with Crippen LogP contribution in [0.3, 0.4) is 0 Å². The molecular formula is C30H32FN3O2. The fourth-order valence-corrected chi connectivity index (χ4v) is 6.11. The number of aromatic nitrogens is 2. The number of rotatable bonds is 7. The topological polar surface area (TPSA) is 67.2 Å². The number of nitrogens with one attached hydrogen (secondary N) is 1. The van der Waals surface area contributed by atoms with Crippen LogP contribution in [0.4, 0.5) is 4.39 Å². The lowest BCUT2D eigenvalue weighted by Crippen LogP contribution is -2.45. The van der Waals surface area contributed by atoms with Crippen molar-refractivity contribution in [1.29, 1.82) is 0 Å². The monoisotopic (exact) mass is 485 g/mol. The maximum Gasteiger partial charge on any atom is 0.223 e. The zero-order valence-electron chi connectivity index (χ0n) is 20.6. The third-order valence-corrected chi connectivity index (χ3v) is 8.68. The summed E-state index contributed by atoms with van der Waals surface area (Å²) in [6.07, 6.45) is 9.79. The first-order chi connectivity index (χ1) is 17.4. The second kappa shape index (κ2) is 8.70. The van der Waals surface area contributed by atoms with Gasteiger partial charge in [-0.2, -0.15) is 5.10 Å². The van der Waals surface area contributed by atoms with E-state index >= 15 is 0 Å². The van der Waals surface area contributed by atoms with Crippen molar-refractivity contribution in [2.24, 2.45) is 11.3 Å². The summed E-state index contributed by atoms with van der Waals surface area (Å²) in [5.74, 6) is 0.0873. The van der Waals surface area contributed by atoms with Crippen molar-refractivity contribution in [2.45, 2.75) is 64.0 Å². The zero-order valence-corrected chi connectivity index (χ0v) is 20.6. The number of hydrogen-bond donors (Lipinski definition) is 2. The lowest BCUT2D eigenvalue weighted by molar-refractivity contribution is -0.122. The highest BCUT2D eigenvalue weighted by Crippen LogP contribution is 2.56. The first kappa shape index (κ1) is 23.2. The van der Waals surface area contributed by atoms with E-state index in [0.29, 0.717) is 13.0 Å². The smallest absolute Gasteiger partial charge is 0.223 e. The molecule has 2 N–H and O–H groups in total. The van der Waals surface area contributed by atoms with E-state index in [-0.39, 0.29) is 23.1 Å². The number of aryl methyl sites for hydroxylation is 1. The third-order valence-electron chi connectivity index (χ3n) is 8.68. The van der Waals surface area contributed by atoms with Gasteiger partial charge in [-0.25, -0.2) is 9.07 Å². The van der Waals surface area contributed by atoms with Crippen LogP contribution in [0.15, 0.2) is 60.3 Å². The molecule has 3 aliphatic rings. The predicted molar refractivity (Wildman–Crippen MR) is 137 cm³/mol. The second-order valence-corrected chi connectivity index (χ2v) is 10.9. The largest absolute Gasteiger partial charge is 0.389 e. The second-order valence-electron chi connectivity index (χ2n) is 10.9. The molecule has 6 rings (SSSR count). The Hall–Kier alpha value is -3.25. The number of aliphatic hydroxyl groups is 1. The molecule has 2 aromatic carbocycles. The van der Waals surface area contributed by atoms with Crippen molar-refractivity contribution in [3.05, 3.63) is 88.5 Å². The molecule has 0 aliphatic heterocycles. The Bertz CT molecular complexity index is 1340. The van der Waals surface area contributed by atoms with Crippen LogP contribution in [0.2, 0.25) is 0 Å². The number of carbonyl (C=O) groups is 1. The fraction of sp³-hybridized carbons (Fsp3) is 0.400. The van der Waals surface area contributed by atoms with E-state index in [1.807, 2.05) is 23.0 Å². The molecule has 3 aromatic rings. The van der Waals surface area contributed by atoms with Crippen LogP contribution in [0, 0.1) is 17.2 Å². The summed E-state index contributed by atoms with van der Waals surface area (Å²) in [7, 11) is 0. The average molecular weight is 486 g/mol. The minimum Gasteiger partial charge on any atom is -0.389 e. The summed E-state index contributed by atoms with van der Waals surface area (Å²) >= 11 is 0. The van der Waals surface area contributed by atoms with Gasteiger partial charge in [0.1, 0.15) is 5.82 Å². The molecule has 0 radical (unpaired) electrons. The highest BCUT2D eigenvalue weighted by molar-refractivity contribution is 5.80. The van der Waals surface area contributed by atoms with Gasteiger partial charge in [-0.15, -0.1) is 0 Å². The van der Waals surface area contributed by atoms with E-state index in [1.54, 1.807) is 12.1 Å². The third kappa shape index (κ3) is 3.97. The van der Waals surface area contributed by atoms with Crippen LogP contribution in [-0.4, -0.2) is 26.4 Å². The van der Waals surface area contributed by atoms with Gasteiger partial charge in [0.05, 0.1) is 23.2 Å². The summed E-state index contributed by atoms with van der Waals surface area (Å²) < 4.78 is 15.3. The molecule has 0 bridgehead atoms. The Kier molecular flexibility index (Phi) is 5.60. The summed E-state index contributed by atoms with van der Waals surface area (Å²) in [4.78, 5) is 12.1. The molecule has 2 atom stereocenters. The summed E-state index contributed by atoms with van der Waals surface area (Å²) in [5.41, 5.74) is 5.35. The molecule has 5 nitrogen and oxygen atoms in total. The summed E-state index contributed by atoms with van der Waals surface area (Å²) in [6, 6.07) is 14.6. The normalized spacial score (nSPS) is 24.7. The molecule has 36 heavy (non-hydrogen) atoms. The van der Waals surface area contributed by atoms with Crippen LogP contribution in [-0.2, 0) is 24.2 Å². The minimum absolute atomic E-state index is 0.153. The van der Waals surface area contributed by atoms with E-state index in [9.17, 15) is 14.3 Å². The molecule has 0 unspecified atom stereocenters. The number of hydrogen-bond acceptors (Lipinski definition) is 3. The Balaban J connectivity index is 1.20. The molecule has 2 fully saturated rings. The van der Waals surface area contributed by atoms with Crippen LogP contribution >= 0.6 is 0 Å². The Labute approximate surface area is 211 Å². The lowest BCUT2D eigenvalue weighted by atomic mass is 9.65. The standard InChI is InChI=1S/C30H32FN3O2/c1-29-17-23-19-33-34(26-10-8-25(31)9-11-26)27(23)16-24(29)13-15-30(29,36)14-12-20-4-2-3-5-22(20)18-32-28(35)21-6-7-21/h2-5,8-11,16,19,21,36H,6-7,12-15,17-18H2,1H3,(H,32,35)/t29-,30-/m0/s1. The number of carbonyl (C=O) groups excluding carboxylic acids is 1. The zero-order chi connectivity index (χ0) is 24.9. The quantitative estimate of drug-likeness (QED) is 0.487. The lowest BCUT2D eigenvalue weighted by Gasteiger charge is -2.42. The molecule has 1 amide bonds. The molecule has 3 aliphatic carbocycles. The van der Waals surface area contributed by atoms with Crippen LogP contribution in [0.5, 0.6) is 0 Å². The van der Waals surface area contributed by atoms with Gasteiger partial charge in [-0.05, 0) is 92.0 Å².